The minimum Gasteiger partial charge on any atom is -0.467 e. The number of benzene rings is 2. The number of amides is 1. The normalized spacial score (nSPS) is 15.4. The van der Waals surface area contributed by atoms with E-state index in [9.17, 15) is 22.0 Å². The molecular formula is C26H25F2N3O4S2. The first-order chi connectivity index (χ1) is 17.6. The van der Waals surface area contributed by atoms with E-state index in [2.05, 4.69) is 0 Å². The lowest BCUT2D eigenvalue weighted by Crippen LogP contribution is -2.44. The summed E-state index contributed by atoms with van der Waals surface area (Å²) in [7, 11) is -4.16. The summed E-state index contributed by atoms with van der Waals surface area (Å²) in [6, 6.07) is 9.96. The van der Waals surface area contributed by atoms with E-state index in [4.69, 9.17) is 9.40 Å². The Morgan fingerprint density at radius 2 is 1.92 bits per heavy atom. The second kappa shape index (κ2) is 9.96. The van der Waals surface area contributed by atoms with Gasteiger partial charge in [-0.05, 0) is 68.1 Å². The molecule has 0 radical (unpaired) electrons. The van der Waals surface area contributed by atoms with Crippen LogP contribution in [-0.2, 0) is 21.4 Å². The Bertz CT molecular complexity index is 1560. The largest absolute Gasteiger partial charge is 0.467 e. The van der Waals surface area contributed by atoms with Gasteiger partial charge in [0.2, 0.25) is 15.9 Å². The summed E-state index contributed by atoms with van der Waals surface area (Å²) < 4.78 is 61.0. The molecule has 11 heteroatoms. The van der Waals surface area contributed by atoms with Gasteiger partial charge in [-0.1, -0.05) is 17.4 Å². The van der Waals surface area contributed by atoms with Gasteiger partial charge in [-0.2, -0.15) is 4.31 Å². The molecule has 7 nitrogen and oxygen atoms in total. The lowest BCUT2D eigenvalue weighted by molar-refractivity contribution is -0.123. The first kappa shape index (κ1) is 25.5. The average Bonchev–Trinajstić information content (AvgIpc) is 3.54. The van der Waals surface area contributed by atoms with E-state index in [-0.39, 0.29) is 38.4 Å². The van der Waals surface area contributed by atoms with Crippen molar-refractivity contribution in [1.29, 1.82) is 0 Å². The fraction of sp³-hybridized carbons (Fsp3) is 0.308. The van der Waals surface area contributed by atoms with E-state index in [0.717, 1.165) is 37.8 Å². The van der Waals surface area contributed by atoms with Gasteiger partial charge in [0.15, 0.2) is 5.13 Å². The summed E-state index contributed by atoms with van der Waals surface area (Å²) in [6.45, 7) is 4.30. The van der Waals surface area contributed by atoms with E-state index in [1.807, 2.05) is 26.0 Å². The number of halogens is 2. The predicted molar refractivity (Wildman–Crippen MR) is 137 cm³/mol. The van der Waals surface area contributed by atoms with E-state index in [0.29, 0.717) is 17.0 Å². The van der Waals surface area contributed by atoms with E-state index < -0.39 is 32.5 Å². The van der Waals surface area contributed by atoms with Crippen molar-refractivity contribution in [3.05, 3.63) is 77.2 Å². The number of piperidine rings is 1. The third-order valence-electron chi connectivity index (χ3n) is 6.78. The molecule has 3 heterocycles. The third-order valence-corrected chi connectivity index (χ3v) is 9.75. The molecule has 2 aromatic carbocycles. The summed E-state index contributed by atoms with van der Waals surface area (Å²) >= 11 is 1.42. The smallest absolute Gasteiger partial charge is 0.245 e. The van der Waals surface area contributed by atoms with Crippen LogP contribution >= 0.6 is 11.3 Å². The molecule has 0 N–H and O–H groups in total. The Morgan fingerprint density at radius 3 is 2.59 bits per heavy atom. The maximum atomic E-state index is 14.2. The molecule has 1 amide bonds. The number of fused-ring (bicyclic) bond motifs is 1. The molecule has 0 bridgehead atoms. The van der Waals surface area contributed by atoms with Crippen molar-refractivity contribution >= 4 is 42.6 Å². The van der Waals surface area contributed by atoms with Crippen LogP contribution < -0.4 is 4.90 Å². The lowest BCUT2D eigenvalue weighted by atomic mass is 9.96. The van der Waals surface area contributed by atoms with Gasteiger partial charge in [-0.25, -0.2) is 22.2 Å². The molecule has 0 atom stereocenters. The van der Waals surface area contributed by atoms with Crippen LogP contribution in [0.15, 0.2) is 58.0 Å². The van der Waals surface area contributed by atoms with E-state index >= 15 is 0 Å². The molecule has 1 aliphatic rings. The lowest BCUT2D eigenvalue weighted by Gasteiger charge is -2.32. The van der Waals surface area contributed by atoms with Crippen LogP contribution in [0.25, 0.3) is 10.2 Å². The molecule has 37 heavy (non-hydrogen) atoms. The maximum absolute atomic E-state index is 14.2. The topological polar surface area (TPSA) is 83.7 Å². The number of nitrogens with zero attached hydrogens (tertiary/aromatic N) is 3. The molecule has 1 saturated heterocycles. The third kappa shape index (κ3) is 4.90. The van der Waals surface area contributed by atoms with Gasteiger partial charge in [0, 0.05) is 25.1 Å². The van der Waals surface area contributed by atoms with Gasteiger partial charge in [0.1, 0.15) is 22.3 Å². The summed E-state index contributed by atoms with van der Waals surface area (Å²) in [6.07, 6.45) is 2.07. The number of aryl methyl sites for hydroxylation is 2. The maximum Gasteiger partial charge on any atom is 0.245 e. The Morgan fingerprint density at radius 1 is 1.16 bits per heavy atom. The molecule has 194 valence electrons. The first-order valence-electron chi connectivity index (χ1n) is 11.8. The highest BCUT2D eigenvalue weighted by Crippen LogP contribution is 2.35. The minimum absolute atomic E-state index is 0.0439. The summed E-state index contributed by atoms with van der Waals surface area (Å²) in [5, 5.41) is 0.550. The fourth-order valence-corrected chi connectivity index (χ4v) is 7.06. The zero-order valence-electron chi connectivity index (χ0n) is 20.3. The van der Waals surface area contributed by atoms with Gasteiger partial charge < -0.3 is 4.42 Å². The highest BCUT2D eigenvalue weighted by atomic mass is 32.2. The molecule has 0 saturated carbocycles. The van der Waals surface area contributed by atoms with Crippen molar-refractivity contribution in [2.75, 3.05) is 18.0 Å². The second-order valence-corrected chi connectivity index (χ2v) is 12.0. The summed E-state index contributed by atoms with van der Waals surface area (Å²) in [5.74, 6) is -2.00. The van der Waals surface area contributed by atoms with Crippen molar-refractivity contribution in [1.82, 2.24) is 9.29 Å². The average molecular weight is 546 g/mol. The predicted octanol–water partition coefficient (Wildman–Crippen LogP) is 5.42. The number of thiazole rings is 1. The Kier molecular flexibility index (Phi) is 6.86. The molecule has 0 aliphatic carbocycles. The fourth-order valence-electron chi connectivity index (χ4n) is 4.51. The Labute approximate surface area is 217 Å². The molecule has 4 aromatic rings. The minimum atomic E-state index is -4.16. The summed E-state index contributed by atoms with van der Waals surface area (Å²) in [4.78, 5) is 19.6. The molecular weight excluding hydrogens is 520 g/mol. The quantitative estimate of drug-likeness (QED) is 0.323. The first-order valence-corrected chi connectivity index (χ1v) is 14.1. The number of carbonyl (C=O) groups is 1. The van der Waals surface area contributed by atoms with E-state index in [1.54, 1.807) is 23.3 Å². The molecule has 5 rings (SSSR count). The van der Waals surface area contributed by atoms with Crippen molar-refractivity contribution < 1.29 is 26.4 Å². The monoisotopic (exact) mass is 545 g/mol. The van der Waals surface area contributed by atoms with Crippen LogP contribution in [0.2, 0.25) is 0 Å². The number of aromatic nitrogens is 1. The van der Waals surface area contributed by atoms with Crippen molar-refractivity contribution in [3.8, 4) is 0 Å². The number of rotatable bonds is 6. The number of anilines is 1. The van der Waals surface area contributed by atoms with Crippen molar-refractivity contribution in [3.63, 3.8) is 0 Å². The zero-order chi connectivity index (χ0) is 26.3. The van der Waals surface area contributed by atoms with Crippen LogP contribution in [-0.4, -0.2) is 36.7 Å². The van der Waals surface area contributed by atoms with Gasteiger partial charge in [0.25, 0.3) is 0 Å². The van der Waals surface area contributed by atoms with Crippen LogP contribution in [0, 0.1) is 31.4 Å². The number of hydrogen-bond donors (Lipinski definition) is 0. The molecule has 0 unspecified atom stereocenters. The van der Waals surface area contributed by atoms with Gasteiger partial charge >= 0.3 is 0 Å². The molecule has 0 spiro atoms. The van der Waals surface area contributed by atoms with Crippen LogP contribution in [0.4, 0.5) is 13.9 Å². The number of sulfonamides is 1. The highest BCUT2D eigenvalue weighted by molar-refractivity contribution is 7.89. The van der Waals surface area contributed by atoms with Crippen LogP contribution in [0.1, 0.15) is 29.7 Å². The highest BCUT2D eigenvalue weighted by Gasteiger charge is 2.36. The Balaban J connectivity index is 1.38. The van der Waals surface area contributed by atoms with Gasteiger partial charge in [-0.3, -0.25) is 9.69 Å². The standard InChI is InChI=1S/C26H25F2N3O4S2/c1-16-5-7-22-24(17(16)2)29-26(36-22)31(15-20-4-3-13-35-20)25(32)18-9-11-30(12-10-18)37(33,34)23-8-6-19(27)14-21(23)28/h3-8,13-14,18H,9-12,15H2,1-2H3. The second-order valence-electron chi connectivity index (χ2n) is 9.11. The Hall–Kier alpha value is -3.15. The van der Waals surface area contributed by atoms with Crippen LogP contribution in [0.3, 0.4) is 0 Å². The van der Waals surface area contributed by atoms with Crippen molar-refractivity contribution in [2.45, 2.75) is 38.1 Å². The van der Waals surface area contributed by atoms with Crippen molar-refractivity contribution in [2.24, 2.45) is 5.92 Å². The number of carbonyl (C=O) groups excluding carboxylic acids is 1. The molecule has 1 aliphatic heterocycles. The van der Waals surface area contributed by atoms with Crippen LogP contribution in [0.5, 0.6) is 0 Å². The van der Waals surface area contributed by atoms with E-state index in [1.165, 1.54) is 11.3 Å². The van der Waals surface area contributed by atoms with Gasteiger partial charge in [-0.15, -0.1) is 0 Å². The zero-order valence-corrected chi connectivity index (χ0v) is 21.9. The SMILES string of the molecule is Cc1ccc2sc(N(Cc3ccco3)C(=O)C3CCN(S(=O)(=O)c4ccc(F)cc4F)CC3)nc2c1C. The summed E-state index contributed by atoms with van der Waals surface area (Å²) in [5.41, 5.74) is 3.01. The van der Waals surface area contributed by atoms with Gasteiger partial charge in [0.05, 0.1) is 23.0 Å². The molecule has 2 aromatic heterocycles. The number of furan rings is 1. The number of hydrogen-bond acceptors (Lipinski definition) is 6. The molecule has 1 fully saturated rings.